The van der Waals surface area contributed by atoms with Crippen molar-refractivity contribution in [3.63, 3.8) is 0 Å². The van der Waals surface area contributed by atoms with Gasteiger partial charge in [-0.2, -0.15) is 0 Å². The van der Waals surface area contributed by atoms with Gasteiger partial charge in [0.2, 0.25) is 5.88 Å². The Hall–Kier alpha value is -1.56. The first kappa shape index (κ1) is 13.9. The van der Waals surface area contributed by atoms with E-state index in [0.717, 1.165) is 0 Å². The number of aromatic nitrogens is 2. The van der Waals surface area contributed by atoms with Gasteiger partial charge in [-0.1, -0.05) is 34.8 Å². The fraction of sp³-hybridized carbons (Fsp3) is 0. The molecule has 98 valence electrons. The van der Waals surface area contributed by atoms with Crippen LogP contribution < -0.4 is 10.5 Å². The highest BCUT2D eigenvalue weighted by Gasteiger charge is 2.09. The molecule has 2 rings (SSSR count). The monoisotopic (exact) mass is 316 g/mol. The van der Waals surface area contributed by atoms with Crippen LogP contribution in [0.5, 0.6) is 11.6 Å². The molecule has 1 aromatic carbocycles. The Morgan fingerprint density at radius 1 is 1.05 bits per heavy atom. The van der Waals surface area contributed by atoms with Crippen LogP contribution in [0.25, 0.3) is 0 Å². The number of hydrogen-bond acceptors (Lipinski definition) is 4. The molecule has 0 aliphatic carbocycles. The van der Waals surface area contributed by atoms with Gasteiger partial charge in [0.15, 0.2) is 0 Å². The van der Waals surface area contributed by atoms with Gasteiger partial charge < -0.3 is 10.5 Å². The first-order valence-electron chi connectivity index (χ1n) is 4.96. The Morgan fingerprint density at radius 3 is 2.32 bits per heavy atom. The normalized spacial score (nSPS) is 10.3. The van der Waals surface area contributed by atoms with Crippen molar-refractivity contribution in [1.82, 2.24) is 9.97 Å². The molecule has 19 heavy (non-hydrogen) atoms. The Kier molecular flexibility index (Phi) is 4.09. The van der Waals surface area contributed by atoms with E-state index in [1.54, 1.807) is 0 Å². The van der Waals surface area contributed by atoms with Crippen molar-refractivity contribution in [2.45, 2.75) is 0 Å². The molecule has 0 aliphatic heterocycles. The predicted octanol–water partition coefficient (Wildman–Crippen LogP) is 3.51. The summed E-state index contributed by atoms with van der Waals surface area (Å²) in [5, 5.41) is 8.14. The van der Waals surface area contributed by atoms with Gasteiger partial charge in [-0.05, 0) is 6.07 Å². The summed E-state index contributed by atoms with van der Waals surface area (Å²) in [6.07, 6.45) is 2.65. The zero-order valence-corrected chi connectivity index (χ0v) is 11.6. The van der Waals surface area contributed by atoms with Gasteiger partial charge in [0.25, 0.3) is 0 Å². The molecule has 0 spiro atoms. The van der Waals surface area contributed by atoms with Crippen LogP contribution in [-0.2, 0) is 0 Å². The summed E-state index contributed by atoms with van der Waals surface area (Å²) in [5.74, 6) is 0.331. The van der Waals surface area contributed by atoms with E-state index in [-0.39, 0.29) is 17.4 Å². The Bertz CT molecular complexity index is 631. The molecule has 3 N–H and O–H groups in total. The van der Waals surface area contributed by atoms with Crippen LogP contribution in [0.3, 0.4) is 0 Å². The number of nitrogens with two attached hydrogens (primary N) is 1. The zero-order chi connectivity index (χ0) is 14.0. The first-order valence-corrected chi connectivity index (χ1v) is 6.09. The van der Waals surface area contributed by atoms with Crippen LogP contribution in [0.4, 0.5) is 0 Å². The number of nitrogens with one attached hydrogen (secondary N) is 1. The van der Waals surface area contributed by atoms with Crippen molar-refractivity contribution in [3.8, 4) is 11.6 Å². The highest BCUT2D eigenvalue weighted by atomic mass is 35.5. The average Bonchev–Trinajstić information content (AvgIpc) is 2.36. The minimum absolute atomic E-state index is 0.174. The van der Waals surface area contributed by atoms with Gasteiger partial charge >= 0.3 is 0 Å². The molecule has 2 aromatic rings. The average molecular weight is 318 g/mol. The van der Waals surface area contributed by atoms with Crippen molar-refractivity contribution in [3.05, 3.63) is 45.3 Å². The molecular weight excluding hydrogens is 311 g/mol. The van der Waals surface area contributed by atoms with Crippen LogP contribution >= 0.6 is 34.8 Å². The Labute approximate surface area is 123 Å². The highest BCUT2D eigenvalue weighted by molar-refractivity contribution is 6.43. The molecule has 1 heterocycles. The number of nitrogen functional groups attached to an aromatic ring is 1. The lowest BCUT2D eigenvalue weighted by molar-refractivity contribution is 0.460. The quantitative estimate of drug-likeness (QED) is 0.515. The number of rotatable bonds is 3. The summed E-state index contributed by atoms with van der Waals surface area (Å²) in [6, 6.07) is 2.95. The van der Waals surface area contributed by atoms with Crippen molar-refractivity contribution < 1.29 is 4.74 Å². The maximum absolute atomic E-state index is 7.19. The van der Waals surface area contributed by atoms with Crippen molar-refractivity contribution in [2.75, 3.05) is 0 Å². The summed E-state index contributed by atoms with van der Waals surface area (Å²) in [6.45, 7) is 0. The fourth-order valence-corrected chi connectivity index (χ4v) is 1.78. The van der Waals surface area contributed by atoms with Gasteiger partial charge in [-0.15, -0.1) is 0 Å². The molecule has 0 radical (unpaired) electrons. The van der Waals surface area contributed by atoms with Crippen LogP contribution in [0.2, 0.25) is 15.1 Å². The second kappa shape index (κ2) is 5.61. The Balaban J connectivity index is 2.26. The van der Waals surface area contributed by atoms with Crippen LogP contribution in [-0.4, -0.2) is 15.8 Å². The van der Waals surface area contributed by atoms with E-state index in [9.17, 15) is 0 Å². The summed E-state index contributed by atoms with van der Waals surface area (Å²) in [4.78, 5) is 7.85. The van der Waals surface area contributed by atoms with Gasteiger partial charge in [0, 0.05) is 6.07 Å². The minimum atomic E-state index is -0.174. The van der Waals surface area contributed by atoms with E-state index < -0.39 is 0 Å². The lowest BCUT2D eigenvalue weighted by atomic mass is 10.3. The number of benzene rings is 1. The topological polar surface area (TPSA) is 84.9 Å². The van der Waals surface area contributed by atoms with E-state index in [1.165, 1.54) is 24.5 Å². The lowest BCUT2D eigenvalue weighted by Crippen LogP contribution is -2.13. The van der Waals surface area contributed by atoms with Gasteiger partial charge in [-0.25, -0.2) is 9.97 Å². The predicted molar refractivity (Wildman–Crippen MR) is 74.6 cm³/mol. The van der Waals surface area contributed by atoms with Crippen molar-refractivity contribution >= 4 is 40.6 Å². The highest BCUT2D eigenvalue weighted by Crippen LogP contribution is 2.35. The molecule has 0 saturated carbocycles. The summed E-state index contributed by atoms with van der Waals surface area (Å²) in [5.41, 5.74) is 5.52. The molecule has 0 fully saturated rings. The van der Waals surface area contributed by atoms with Crippen molar-refractivity contribution in [2.24, 2.45) is 5.73 Å². The molecule has 0 unspecified atom stereocenters. The van der Waals surface area contributed by atoms with Gasteiger partial charge in [0.05, 0.1) is 27.5 Å². The third-order valence-corrected chi connectivity index (χ3v) is 3.11. The lowest BCUT2D eigenvalue weighted by Gasteiger charge is -2.08. The van der Waals surface area contributed by atoms with E-state index in [4.69, 9.17) is 50.7 Å². The first-order chi connectivity index (χ1) is 8.97. The van der Waals surface area contributed by atoms with Crippen molar-refractivity contribution in [1.29, 1.82) is 5.41 Å². The number of halogens is 3. The smallest absolute Gasteiger partial charge is 0.237 e. The fourth-order valence-electron chi connectivity index (χ4n) is 1.20. The number of nitrogens with zero attached hydrogens (tertiary/aromatic N) is 2. The number of amidine groups is 1. The maximum atomic E-state index is 7.19. The van der Waals surface area contributed by atoms with Gasteiger partial charge in [0.1, 0.15) is 17.3 Å². The number of ether oxygens (including phenoxy) is 1. The Morgan fingerprint density at radius 2 is 1.74 bits per heavy atom. The maximum Gasteiger partial charge on any atom is 0.237 e. The molecule has 0 atom stereocenters. The standard InChI is InChI=1S/C11H7Cl3N4O/c12-5-1-7(14)9(2-6(5)13)19-10-4-17-8(3-18-10)11(15)16/h1-4H,(H3,15,16). The largest absolute Gasteiger partial charge is 0.436 e. The van der Waals surface area contributed by atoms with Crippen LogP contribution in [0, 0.1) is 5.41 Å². The molecule has 0 bridgehead atoms. The van der Waals surface area contributed by atoms with E-state index in [2.05, 4.69) is 9.97 Å². The summed E-state index contributed by atoms with van der Waals surface area (Å²) < 4.78 is 5.42. The minimum Gasteiger partial charge on any atom is -0.436 e. The van der Waals surface area contributed by atoms with Crippen LogP contribution in [0.15, 0.2) is 24.5 Å². The zero-order valence-electron chi connectivity index (χ0n) is 9.32. The molecule has 5 nitrogen and oxygen atoms in total. The molecule has 0 saturated heterocycles. The van der Waals surface area contributed by atoms with E-state index >= 15 is 0 Å². The molecule has 0 amide bonds. The van der Waals surface area contributed by atoms with E-state index in [1.807, 2.05) is 0 Å². The third-order valence-electron chi connectivity index (χ3n) is 2.09. The SMILES string of the molecule is N=C(N)c1cnc(Oc2cc(Cl)c(Cl)cc2Cl)cn1. The molecule has 8 heteroatoms. The molecular formula is C11H7Cl3N4O. The second-order valence-corrected chi connectivity index (χ2v) is 4.67. The second-order valence-electron chi connectivity index (χ2n) is 3.45. The molecule has 0 aliphatic rings. The van der Waals surface area contributed by atoms with Gasteiger partial charge in [-0.3, -0.25) is 5.41 Å². The third kappa shape index (κ3) is 3.26. The summed E-state index contributed by atoms with van der Waals surface area (Å²) in [7, 11) is 0. The van der Waals surface area contributed by atoms with E-state index in [0.29, 0.717) is 20.8 Å². The summed E-state index contributed by atoms with van der Waals surface area (Å²) >= 11 is 17.6. The molecule has 1 aromatic heterocycles. The number of hydrogen-bond donors (Lipinski definition) is 2. The van der Waals surface area contributed by atoms with Crippen LogP contribution in [0.1, 0.15) is 5.69 Å².